The number of fused-ring (bicyclic) bond motifs is 2. The first-order valence-corrected chi connectivity index (χ1v) is 17.6. The van der Waals surface area contributed by atoms with Gasteiger partial charge in [0.25, 0.3) is 0 Å². The van der Waals surface area contributed by atoms with Crippen molar-refractivity contribution in [2.45, 2.75) is 102 Å². The molecular weight excluding hydrogens is 622 g/mol. The Labute approximate surface area is 288 Å². The number of rotatable bonds is 12. The van der Waals surface area contributed by atoms with E-state index in [0.717, 1.165) is 29.3 Å². The number of carbonyl (C=O) groups is 5. The fourth-order valence-electron chi connectivity index (χ4n) is 6.93. The number of ketones is 1. The molecule has 2 aliphatic rings. The first-order valence-electron chi connectivity index (χ1n) is 17.6. The highest BCUT2D eigenvalue weighted by molar-refractivity contribution is 5.98. The summed E-state index contributed by atoms with van der Waals surface area (Å²) in [4.78, 5) is 75.8. The number of hydrogen-bond acceptors (Lipinski definition) is 6. The minimum atomic E-state index is -1.03. The Morgan fingerprint density at radius 2 is 1.59 bits per heavy atom. The Morgan fingerprint density at radius 3 is 2.35 bits per heavy atom. The van der Waals surface area contributed by atoms with E-state index in [4.69, 9.17) is 4.84 Å². The Bertz CT molecular complexity index is 1640. The number of carbonyl (C=O) groups excluding carboxylic acids is 5. The van der Waals surface area contributed by atoms with Crippen LogP contribution in [0.1, 0.15) is 87.6 Å². The summed E-state index contributed by atoms with van der Waals surface area (Å²) in [5.41, 5.74) is 2.28. The third-order valence-electron chi connectivity index (χ3n) is 10.0. The van der Waals surface area contributed by atoms with Crippen LogP contribution in [0.3, 0.4) is 0 Å². The van der Waals surface area contributed by atoms with E-state index in [1.54, 1.807) is 35.1 Å². The van der Waals surface area contributed by atoms with E-state index < -0.39 is 36.0 Å². The van der Waals surface area contributed by atoms with Crippen molar-refractivity contribution in [3.05, 3.63) is 71.9 Å². The minimum Gasteiger partial charge on any atom is -0.417 e. The quantitative estimate of drug-likeness (QED) is 0.197. The summed E-state index contributed by atoms with van der Waals surface area (Å²) in [5, 5.41) is 9.78. The van der Waals surface area contributed by atoms with Gasteiger partial charge in [0, 0.05) is 36.5 Å². The van der Waals surface area contributed by atoms with Crippen LogP contribution in [0.5, 0.6) is 0 Å². The zero-order valence-corrected chi connectivity index (χ0v) is 28.8. The molecule has 11 heteroatoms. The van der Waals surface area contributed by atoms with Crippen LogP contribution in [0.15, 0.2) is 60.8 Å². The second-order valence-corrected chi connectivity index (χ2v) is 13.3. The summed E-state index contributed by atoms with van der Waals surface area (Å²) < 4.78 is 1.62. The van der Waals surface area contributed by atoms with Crippen molar-refractivity contribution in [2.75, 3.05) is 13.7 Å². The van der Waals surface area contributed by atoms with Crippen LogP contribution in [0.4, 0.5) is 0 Å². The first-order chi connectivity index (χ1) is 23.7. The average Bonchev–Trinajstić information content (AvgIpc) is 3.49. The zero-order valence-electron chi connectivity index (χ0n) is 28.8. The summed E-state index contributed by atoms with van der Waals surface area (Å²) in [6, 6.07) is 13.3. The maximum Gasteiger partial charge on any atom is 0.246 e. The van der Waals surface area contributed by atoms with E-state index in [2.05, 4.69) is 16.0 Å². The topological polar surface area (TPSA) is 139 Å². The largest absolute Gasteiger partial charge is 0.417 e. The number of amides is 4. The molecule has 2 fully saturated rings. The summed E-state index contributed by atoms with van der Waals surface area (Å²) >= 11 is 0. The van der Waals surface area contributed by atoms with Gasteiger partial charge in [-0.1, -0.05) is 81.6 Å². The fraction of sp³-hybridized carbons (Fsp3) is 0.500. The smallest absolute Gasteiger partial charge is 0.246 e. The number of hydrogen-bond donors (Lipinski definition) is 3. The van der Waals surface area contributed by atoms with Gasteiger partial charge in [-0.05, 0) is 49.7 Å². The lowest BCUT2D eigenvalue weighted by Gasteiger charge is -2.39. The molecule has 262 valence electrons. The summed E-state index contributed by atoms with van der Waals surface area (Å²) in [6.45, 7) is 4.28. The van der Waals surface area contributed by atoms with Crippen molar-refractivity contribution in [1.82, 2.24) is 25.6 Å². The number of nitrogens with one attached hydrogen (secondary N) is 3. The number of benzene rings is 2. The first kappa shape index (κ1) is 35.6. The molecule has 5 atom stereocenters. The van der Waals surface area contributed by atoms with Crippen LogP contribution < -0.4 is 20.8 Å². The van der Waals surface area contributed by atoms with Crippen molar-refractivity contribution >= 4 is 40.3 Å². The fourth-order valence-corrected chi connectivity index (χ4v) is 6.93. The second kappa shape index (κ2) is 16.6. The van der Waals surface area contributed by atoms with Gasteiger partial charge in [-0.15, -0.1) is 0 Å². The predicted molar refractivity (Wildman–Crippen MR) is 187 cm³/mol. The third-order valence-corrected chi connectivity index (χ3v) is 10.0. The number of aromatic nitrogens is 1. The minimum absolute atomic E-state index is 0.0686. The molecular formula is C38H49N5O6. The third kappa shape index (κ3) is 8.50. The molecule has 0 saturated carbocycles. The van der Waals surface area contributed by atoms with Crippen LogP contribution in [-0.2, 0) is 25.6 Å². The Hall–Kier alpha value is -4.67. The number of nitrogens with zero attached hydrogens (tertiary/aromatic N) is 2. The van der Waals surface area contributed by atoms with Gasteiger partial charge in [0.05, 0.1) is 5.52 Å². The lowest BCUT2D eigenvalue weighted by Crippen LogP contribution is -2.64. The van der Waals surface area contributed by atoms with Crippen molar-refractivity contribution in [1.29, 1.82) is 0 Å². The molecule has 0 bridgehead atoms. The normalized spacial score (nSPS) is 22.6. The highest BCUT2D eigenvalue weighted by atomic mass is 16.6. The zero-order chi connectivity index (χ0) is 34.9. The number of para-hydroxylation sites is 1. The molecule has 0 unspecified atom stereocenters. The van der Waals surface area contributed by atoms with E-state index in [9.17, 15) is 24.0 Å². The van der Waals surface area contributed by atoms with Gasteiger partial charge in [0.2, 0.25) is 23.6 Å². The highest BCUT2D eigenvalue weighted by Crippen LogP contribution is 2.24. The predicted octanol–water partition coefficient (Wildman–Crippen LogP) is 3.97. The molecule has 3 heterocycles. The molecule has 0 aliphatic carbocycles. The van der Waals surface area contributed by atoms with Gasteiger partial charge in [-0.25, -0.2) is 0 Å². The molecule has 2 aromatic carbocycles. The van der Waals surface area contributed by atoms with Crippen LogP contribution >= 0.6 is 0 Å². The summed E-state index contributed by atoms with van der Waals surface area (Å²) in [6.07, 6.45) is 7.24. The van der Waals surface area contributed by atoms with Crippen LogP contribution in [0, 0.1) is 5.92 Å². The van der Waals surface area contributed by atoms with Gasteiger partial charge in [0.15, 0.2) is 5.78 Å². The number of Topliss-reactive ketones (excluding diaryl/α,β-unsaturated/α-hetero) is 1. The SMILES string of the molecule is CC[C@H](C)[C@@H]1NC(=O)[C@H](Cc2cn(OC)c3ccccc23)NC(=O)[C@H](CCCCCC(=O)c2ccccc2)NC(=O)[C@H]2CCCCN2C1=O. The molecule has 4 amide bonds. The molecule has 2 saturated heterocycles. The Balaban J connectivity index is 1.39. The van der Waals surface area contributed by atoms with Crippen molar-refractivity contribution in [3.8, 4) is 0 Å². The van der Waals surface area contributed by atoms with Gasteiger partial charge in [-0.3, -0.25) is 24.0 Å². The monoisotopic (exact) mass is 671 g/mol. The van der Waals surface area contributed by atoms with E-state index in [0.29, 0.717) is 57.1 Å². The van der Waals surface area contributed by atoms with Crippen LogP contribution in [0.2, 0.25) is 0 Å². The maximum absolute atomic E-state index is 14.1. The van der Waals surface area contributed by atoms with Gasteiger partial charge in [-0.2, -0.15) is 4.73 Å². The highest BCUT2D eigenvalue weighted by Gasteiger charge is 2.41. The van der Waals surface area contributed by atoms with Gasteiger partial charge in [0.1, 0.15) is 31.3 Å². The molecule has 0 spiro atoms. The lowest BCUT2D eigenvalue weighted by atomic mass is 9.93. The second-order valence-electron chi connectivity index (χ2n) is 13.3. The van der Waals surface area contributed by atoms with E-state index in [-0.39, 0.29) is 29.9 Å². The van der Waals surface area contributed by atoms with Gasteiger partial charge >= 0.3 is 0 Å². The number of unbranched alkanes of at least 4 members (excludes halogenated alkanes) is 2. The van der Waals surface area contributed by atoms with Crippen LogP contribution in [0.25, 0.3) is 10.9 Å². The standard InChI is InChI=1S/C38H49N5O6/c1-4-25(2)34-38(48)42-22-14-13-20-32(42)37(47)39-29(18-9-6-10-21-33(44)26-15-7-5-8-16-26)35(45)40-30(36(46)41-34)23-27-24-43(49-3)31-19-12-11-17-28(27)31/h5,7-8,11-12,15-17,19,24-25,29-30,32,34H,4,6,9-10,13-14,18,20-23H2,1-3H3,(H,39,47)(H,40,45)(H,41,46)/t25-,29-,30-,32+,34-/m0/s1. The molecule has 3 aromatic rings. The molecule has 49 heavy (non-hydrogen) atoms. The summed E-state index contributed by atoms with van der Waals surface area (Å²) in [7, 11) is 1.56. The van der Waals surface area contributed by atoms with E-state index in [1.165, 1.54) is 0 Å². The van der Waals surface area contributed by atoms with Crippen LogP contribution in [-0.4, -0.2) is 76.9 Å². The maximum atomic E-state index is 14.1. The molecule has 0 radical (unpaired) electrons. The lowest BCUT2D eigenvalue weighted by molar-refractivity contribution is -0.147. The van der Waals surface area contributed by atoms with Crippen molar-refractivity contribution in [3.63, 3.8) is 0 Å². The molecule has 2 aliphatic heterocycles. The number of piperidine rings is 1. The Kier molecular flexibility index (Phi) is 12.1. The Morgan fingerprint density at radius 1 is 0.878 bits per heavy atom. The van der Waals surface area contributed by atoms with Crippen molar-refractivity contribution < 1.29 is 28.8 Å². The average molecular weight is 672 g/mol. The van der Waals surface area contributed by atoms with E-state index in [1.807, 2.05) is 56.3 Å². The molecule has 1 aromatic heterocycles. The molecule has 11 nitrogen and oxygen atoms in total. The molecule has 5 rings (SSSR count). The van der Waals surface area contributed by atoms with E-state index >= 15 is 0 Å². The molecule has 3 N–H and O–H groups in total. The van der Waals surface area contributed by atoms with Gasteiger partial charge < -0.3 is 25.7 Å². The van der Waals surface area contributed by atoms with Crippen molar-refractivity contribution in [2.24, 2.45) is 5.92 Å². The summed E-state index contributed by atoms with van der Waals surface area (Å²) in [5.74, 6) is -1.68.